The number of β-amino-alcohol motifs (C(OH)–C–C–N with tert-alkyl or cyclic N) is 1. The fraction of sp³-hybridized carbons (Fsp3) is 0.316. The highest BCUT2D eigenvalue weighted by Crippen LogP contribution is 2.31. The Labute approximate surface area is 182 Å². The van der Waals surface area contributed by atoms with Crippen molar-refractivity contribution in [1.82, 2.24) is 24.9 Å². The molecule has 0 aromatic carbocycles. The predicted octanol–water partition coefficient (Wildman–Crippen LogP) is 3.68. The van der Waals surface area contributed by atoms with E-state index in [1.807, 2.05) is 0 Å². The fourth-order valence-electron chi connectivity index (χ4n) is 3.11. The van der Waals surface area contributed by atoms with Gasteiger partial charge >= 0.3 is 12.4 Å². The fourth-order valence-corrected chi connectivity index (χ4v) is 3.11. The van der Waals surface area contributed by atoms with Gasteiger partial charge < -0.3 is 15.3 Å². The number of rotatable bonds is 4. The van der Waals surface area contributed by atoms with Crippen LogP contribution in [0, 0.1) is 0 Å². The van der Waals surface area contributed by atoms with Crippen LogP contribution in [0.5, 0.6) is 0 Å². The van der Waals surface area contributed by atoms with Gasteiger partial charge in [0.1, 0.15) is 17.1 Å². The van der Waals surface area contributed by atoms with Crippen LogP contribution >= 0.6 is 0 Å². The van der Waals surface area contributed by atoms with Crippen molar-refractivity contribution in [2.45, 2.75) is 24.9 Å². The average Bonchev–Trinajstić information content (AvgIpc) is 3.19. The Morgan fingerprint density at radius 2 is 1.70 bits per heavy atom. The highest BCUT2D eigenvalue weighted by atomic mass is 19.4. The number of hydrogen-bond donors (Lipinski definition) is 2. The summed E-state index contributed by atoms with van der Waals surface area (Å²) in [6.45, 7) is 0.542. The van der Waals surface area contributed by atoms with E-state index in [1.165, 1.54) is 12.1 Å². The molecule has 33 heavy (non-hydrogen) atoms. The summed E-state index contributed by atoms with van der Waals surface area (Å²) < 4.78 is 78.2. The second-order valence-electron chi connectivity index (χ2n) is 7.13. The van der Waals surface area contributed by atoms with Gasteiger partial charge in [0.25, 0.3) is 0 Å². The molecule has 3 aromatic rings. The van der Waals surface area contributed by atoms with Gasteiger partial charge in [0.15, 0.2) is 5.82 Å². The van der Waals surface area contributed by atoms with Gasteiger partial charge in [0.2, 0.25) is 11.9 Å². The number of aromatic nitrogens is 5. The van der Waals surface area contributed by atoms with Crippen LogP contribution in [-0.4, -0.2) is 49.2 Å². The molecule has 0 saturated carbocycles. The summed E-state index contributed by atoms with van der Waals surface area (Å²) in [6.07, 6.45) is -8.66. The van der Waals surface area contributed by atoms with Crippen molar-refractivity contribution >= 4 is 17.6 Å². The number of nitrogens with one attached hydrogen (secondary N) is 1. The number of alkyl halides is 6. The van der Waals surface area contributed by atoms with Crippen LogP contribution in [0.25, 0.3) is 11.5 Å². The van der Waals surface area contributed by atoms with E-state index >= 15 is 0 Å². The Hall–Kier alpha value is -3.55. The Kier molecular flexibility index (Phi) is 5.78. The molecule has 0 radical (unpaired) electrons. The molecule has 1 atom stereocenters. The normalized spacial score (nSPS) is 16.8. The number of halogens is 6. The summed E-state index contributed by atoms with van der Waals surface area (Å²) in [5.41, 5.74) is -2.55. The van der Waals surface area contributed by atoms with E-state index in [0.29, 0.717) is 13.0 Å². The molecule has 4 heterocycles. The molecule has 0 amide bonds. The molecule has 1 saturated heterocycles. The molecule has 14 heteroatoms. The van der Waals surface area contributed by atoms with Crippen LogP contribution in [-0.2, 0) is 12.4 Å². The Balaban J connectivity index is 1.75. The van der Waals surface area contributed by atoms with Gasteiger partial charge in [-0.1, -0.05) is 6.07 Å². The quantitative estimate of drug-likeness (QED) is 0.556. The lowest BCUT2D eigenvalue weighted by Crippen LogP contribution is -2.24. The van der Waals surface area contributed by atoms with Gasteiger partial charge in [-0.25, -0.2) is 4.98 Å². The number of hydrogen-bond acceptors (Lipinski definition) is 8. The highest BCUT2D eigenvalue weighted by molar-refractivity contribution is 5.59. The number of pyridine rings is 2. The maximum Gasteiger partial charge on any atom is 0.433 e. The maximum absolute atomic E-state index is 13.1. The predicted molar refractivity (Wildman–Crippen MR) is 103 cm³/mol. The van der Waals surface area contributed by atoms with Gasteiger partial charge in [0, 0.05) is 25.0 Å². The van der Waals surface area contributed by atoms with E-state index in [4.69, 9.17) is 0 Å². The lowest BCUT2D eigenvalue weighted by atomic mass is 10.3. The standard InChI is InChI=1S/C19H15F6N7O/c20-18(21,22)13-3-1-2-12(28-13)15-29-16(31-17(30-15)32-7-5-11(33)9-32)27-10-4-6-26-14(8-10)19(23,24)25/h1-4,6,8,11,33H,5,7,9H2,(H,26,27,29,30,31)/t11-/m1/s1. The van der Waals surface area contributed by atoms with Crippen molar-refractivity contribution in [2.75, 3.05) is 23.3 Å². The van der Waals surface area contributed by atoms with Gasteiger partial charge in [-0.2, -0.15) is 41.3 Å². The topological polar surface area (TPSA) is 100.0 Å². The van der Waals surface area contributed by atoms with Gasteiger partial charge in [-0.3, -0.25) is 4.98 Å². The number of anilines is 3. The van der Waals surface area contributed by atoms with E-state index in [0.717, 1.165) is 24.4 Å². The third kappa shape index (κ3) is 5.27. The molecule has 174 valence electrons. The van der Waals surface area contributed by atoms with Crippen LogP contribution in [0.1, 0.15) is 17.8 Å². The van der Waals surface area contributed by atoms with E-state index in [9.17, 15) is 31.4 Å². The molecule has 0 spiro atoms. The maximum atomic E-state index is 13.1. The average molecular weight is 471 g/mol. The minimum Gasteiger partial charge on any atom is -0.391 e. The molecule has 4 rings (SSSR count). The van der Waals surface area contributed by atoms with Crippen molar-refractivity contribution in [2.24, 2.45) is 0 Å². The molecule has 1 aliphatic rings. The first-order valence-corrected chi connectivity index (χ1v) is 9.53. The summed E-state index contributed by atoms with van der Waals surface area (Å²) in [5.74, 6) is -0.404. The summed E-state index contributed by atoms with van der Waals surface area (Å²) in [7, 11) is 0. The van der Waals surface area contributed by atoms with Gasteiger partial charge in [0.05, 0.1) is 6.10 Å². The molecular weight excluding hydrogens is 456 g/mol. The second-order valence-corrected chi connectivity index (χ2v) is 7.13. The third-order valence-corrected chi connectivity index (χ3v) is 4.64. The van der Waals surface area contributed by atoms with Gasteiger partial charge in [-0.15, -0.1) is 0 Å². The van der Waals surface area contributed by atoms with Gasteiger partial charge in [-0.05, 0) is 30.7 Å². The number of aliphatic hydroxyl groups excluding tert-OH is 1. The molecular formula is C19H15F6N7O. The first-order valence-electron chi connectivity index (χ1n) is 9.53. The monoisotopic (exact) mass is 471 g/mol. The molecule has 3 aromatic heterocycles. The van der Waals surface area contributed by atoms with E-state index in [2.05, 4.69) is 30.2 Å². The lowest BCUT2D eigenvalue weighted by Gasteiger charge is -2.17. The van der Waals surface area contributed by atoms with Crippen LogP contribution in [0.2, 0.25) is 0 Å². The molecule has 0 aliphatic carbocycles. The van der Waals surface area contributed by atoms with Crippen molar-refractivity contribution in [1.29, 1.82) is 0 Å². The lowest BCUT2D eigenvalue weighted by molar-refractivity contribution is -0.141. The van der Waals surface area contributed by atoms with Crippen molar-refractivity contribution in [3.05, 3.63) is 47.9 Å². The van der Waals surface area contributed by atoms with Crippen LogP contribution in [0.3, 0.4) is 0 Å². The zero-order chi connectivity index (χ0) is 23.8. The summed E-state index contributed by atoms with van der Waals surface area (Å²) in [6, 6.07) is 5.19. The van der Waals surface area contributed by atoms with E-state index in [1.54, 1.807) is 4.90 Å². The van der Waals surface area contributed by atoms with Crippen molar-refractivity contribution in [3.8, 4) is 11.5 Å². The largest absolute Gasteiger partial charge is 0.433 e. The van der Waals surface area contributed by atoms with Crippen molar-refractivity contribution in [3.63, 3.8) is 0 Å². The minimum atomic E-state index is -4.70. The molecule has 1 aliphatic heterocycles. The molecule has 1 fully saturated rings. The minimum absolute atomic E-state index is 0.0309. The molecule has 8 nitrogen and oxygen atoms in total. The first-order chi connectivity index (χ1) is 15.5. The first kappa shape index (κ1) is 22.6. The molecule has 2 N–H and O–H groups in total. The van der Waals surface area contributed by atoms with Crippen LogP contribution in [0.4, 0.5) is 43.9 Å². The zero-order valence-corrected chi connectivity index (χ0v) is 16.6. The Bertz CT molecular complexity index is 1150. The number of aliphatic hydroxyl groups is 1. The van der Waals surface area contributed by atoms with Crippen LogP contribution < -0.4 is 10.2 Å². The number of nitrogens with zero attached hydrogens (tertiary/aromatic N) is 6. The summed E-state index contributed by atoms with van der Waals surface area (Å²) >= 11 is 0. The smallest absolute Gasteiger partial charge is 0.391 e. The SMILES string of the molecule is O[C@@H]1CCN(c2nc(Nc3ccnc(C(F)(F)F)c3)nc(-c3cccc(C(F)(F)F)n3)n2)C1. The van der Waals surface area contributed by atoms with E-state index < -0.39 is 29.8 Å². The Morgan fingerprint density at radius 1 is 0.939 bits per heavy atom. The highest BCUT2D eigenvalue weighted by Gasteiger charge is 2.34. The summed E-state index contributed by atoms with van der Waals surface area (Å²) in [5, 5.41) is 12.4. The molecule has 0 unspecified atom stereocenters. The zero-order valence-electron chi connectivity index (χ0n) is 16.6. The van der Waals surface area contributed by atoms with E-state index in [-0.39, 0.29) is 35.6 Å². The molecule has 0 bridgehead atoms. The summed E-state index contributed by atoms with van der Waals surface area (Å²) in [4.78, 5) is 20.8. The Morgan fingerprint density at radius 3 is 2.36 bits per heavy atom. The van der Waals surface area contributed by atoms with Crippen molar-refractivity contribution < 1.29 is 31.4 Å². The second kappa shape index (κ2) is 8.42. The third-order valence-electron chi connectivity index (χ3n) is 4.64. The van der Waals surface area contributed by atoms with Crippen LogP contribution in [0.15, 0.2) is 36.5 Å².